The van der Waals surface area contributed by atoms with E-state index in [0.29, 0.717) is 18.0 Å². The zero-order valence-electron chi connectivity index (χ0n) is 17.8. The number of anilines is 1. The summed E-state index contributed by atoms with van der Waals surface area (Å²) in [6.45, 7) is 6.27. The van der Waals surface area contributed by atoms with Gasteiger partial charge in [-0.1, -0.05) is 12.1 Å². The lowest BCUT2D eigenvalue weighted by atomic mass is 10.1. The first-order chi connectivity index (χ1) is 14.5. The van der Waals surface area contributed by atoms with Gasteiger partial charge in [0.2, 0.25) is 0 Å². The predicted molar refractivity (Wildman–Crippen MR) is 122 cm³/mol. The topological polar surface area (TPSA) is 86.7 Å². The van der Waals surface area contributed by atoms with Gasteiger partial charge in [0.15, 0.2) is 15.8 Å². The number of nitrogens with one attached hydrogen (secondary N) is 2. The Hall–Kier alpha value is -2.61. The SMILES string of the molecule is CCNC(=NCc1ccnc(N2CCCC2)c1)NCCc1ccc(S(C)(=O)=O)cc1. The van der Waals surface area contributed by atoms with E-state index >= 15 is 0 Å². The van der Waals surface area contributed by atoms with Crippen molar-refractivity contribution < 1.29 is 8.42 Å². The highest BCUT2D eigenvalue weighted by Gasteiger charge is 2.13. The molecule has 2 N–H and O–H groups in total. The maximum absolute atomic E-state index is 11.6. The Balaban J connectivity index is 1.55. The van der Waals surface area contributed by atoms with Crippen LogP contribution in [0.25, 0.3) is 0 Å². The Morgan fingerprint density at radius 2 is 1.83 bits per heavy atom. The average molecular weight is 430 g/mol. The first-order valence-electron chi connectivity index (χ1n) is 10.5. The van der Waals surface area contributed by atoms with Gasteiger partial charge in [-0.3, -0.25) is 0 Å². The number of guanidine groups is 1. The van der Waals surface area contributed by atoms with Gasteiger partial charge in [-0.25, -0.2) is 18.4 Å². The summed E-state index contributed by atoms with van der Waals surface area (Å²) >= 11 is 0. The molecule has 162 valence electrons. The van der Waals surface area contributed by atoms with Crippen molar-refractivity contribution in [1.82, 2.24) is 15.6 Å². The Kier molecular flexibility index (Phi) is 7.68. The molecule has 1 aliphatic rings. The molecule has 1 aromatic carbocycles. The van der Waals surface area contributed by atoms with E-state index in [2.05, 4.69) is 26.6 Å². The van der Waals surface area contributed by atoms with E-state index in [1.54, 1.807) is 12.1 Å². The molecule has 0 unspecified atom stereocenters. The van der Waals surface area contributed by atoms with Gasteiger partial charge in [-0.2, -0.15) is 0 Å². The Morgan fingerprint density at radius 3 is 2.50 bits per heavy atom. The molecule has 3 rings (SSSR count). The highest BCUT2D eigenvalue weighted by molar-refractivity contribution is 7.90. The van der Waals surface area contributed by atoms with Crippen molar-refractivity contribution in [3.05, 3.63) is 53.7 Å². The number of aromatic nitrogens is 1. The minimum absolute atomic E-state index is 0.347. The molecule has 30 heavy (non-hydrogen) atoms. The normalized spacial score (nSPS) is 14.7. The molecule has 0 atom stereocenters. The summed E-state index contributed by atoms with van der Waals surface area (Å²) < 4.78 is 23.1. The van der Waals surface area contributed by atoms with Gasteiger partial charge in [0.05, 0.1) is 11.4 Å². The minimum Gasteiger partial charge on any atom is -0.357 e. The van der Waals surface area contributed by atoms with Crippen molar-refractivity contribution in [3.63, 3.8) is 0 Å². The number of sulfone groups is 1. The fourth-order valence-electron chi connectivity index (χ4n) is 3.42. The molecular formula is C22H31N5O2S. The van der Waals surface area contributed by atoms with Crippen molar-refractivity contribution in [1.29, 1.82) is 0 Å². The summed E-state index contributed by atoms with van der Waals surface area (Å²) in [6.07, 6.45) is 6.33. The van der Waals surface area contributed by atoms with Crippen LogP contribution >= 0.6 is 0 Å². The van der Waals surface area contributed by atoms with Crippen molar-refractivity contribution in [2.75, 3.05) is 37.3 Å². The van der Waals surface area contributed by atoms with Gasteiger partial charge in [0, 0.05) is 38.6 Å². The van der Waals surface area contributed by atoms with Gasteiger partial charge in [-0.05, 0) is 61.6 Å². The maximum atomic E-state index is 11.6. The molecule has 1 aromatic heterocycles. The molecule has 2 heterocycles. The second-order valence-corrected chi connectivity index (χ2v) is 9.52. The average Bonchev–Trinajstić information content (AvgIpc) is 3.27. The third kappa shape index (κ3) is 6.45. The molecule has 0 amide bonds. The van der Waals surface area contributed by atoms with E-state index in [0.717, 1.165) is 49.0 Å². The minimum atomic E-state index is -3.16. The van der Waals surface area contributed by atoms with Crippen molar-refractivity contribution >= 4 is 21.6 Å². The highest BCUT2D eigenvalue weighted by Crippen LogP contribution is 2.18. The summed E-state index contributed by atoms with van der Waals surface area (Å²) in [5.41, 5.74) is 2.22. The molecular weight excluding hydrogens is 398 g/mol. The van der Waals surface area contributed by atoms with Crippen LogP contribution in [0.15, 0.2) is 52.5 Å². The molecule has 0 aliphatic carbocycles. The third-order valence-electron chi connectivity index (χ3n) is 5.06. The summed E-state index contributed by atoms with van der Waals surface area (Å²) in [5, 5.41) is 6.62. The van der Waals surface area contributed by atoms with Crippen molar-refractivity contribution in [2.45, 2.75) is 37.6 Å². The van der Waals surface area contributed by atoms with Gasteiger partial charge < -0.3 is 15.5 Å². The molecule has 7 nitrogen and oxygen atoms in total. The van der Waals surface area contributed by atoms with E-state index in [1.165, 1.54) is 19.1 Å². The number of rotatable bonds is 8. The fourth-order valence-corrected chi connectivity index (χ4v) is 4.05. The molecule has 2 aromatic rings. The van der Waals surface area contributed by atoms with E-state index < -0.39 is 9.84 Å². The Labute approximate surface area is 179 Å². The Bertz CT molecular complexity index is 952. The number of pyridine rings is 1. The molecule has 0 saturated carbocycles. The van der Waals surface area contributed by atoms with Crippen LogP contribution in [0.5, 0.6) is 0 Å². The van der Waals surface area contributed by atoms with Crippen LogP contribution in [0.3, 0.4) is 0 Å². The van der Waals surface area contributed by atoms with E-state index in [-0.39, 0.29) is 0 Å². The van der Waals surface area contributed by atoms with Gasteiger partial charge in [0.25, 0.3) is 0 Å². The lowest BCUT2D eigenvalue weighted by Gasteiger charge is -2.16. The smallest absolute Gasteiger partial charge is 0.191 e. The molecule has 1 fully saturated rings. The van der Waals surface area contributed by atoms with Crippen LogP contribution < -0.4 is 15.5 Å². The standard InChI is InChI=1S/C22H31N5O2S/c1-3-23-22(25-13-10-18-6-8-20(9-7-18)30(2,28)29)26-17-19-11-12-24-21(16-19)27-14-4-5-15-27/h6-9,11-12,16H,3-5,10,13-15,17H2,1-2H3,(H2,23,25,26). The number of aliphatic imine (C=N–C) groups is 1. The van der Waals surface area contributed by atoms with Crippen LogP contribution in [0.4, 0.5) is 5.82 Å². The first-order valence-corrected chi connectivity index (χ1v) is 12.4. The van der Waals surface area contributed by atoms with Crippen LogP contribution in [0.2, 0.25) is 0 Å². The monoisotopic (exact) mass is 429 g/mol. The van der Waals surface area contributed by atoms with Gasteiger partial charge in [-0.15, -0.1) is 0 Å². The number of nitrogens with zero attached hydrogens (tertiary/aromatic N) is 3. The van der Waals surface area contributed by atoms with Crippen LogP contribution in [-0.4, -0.2) is 51.8 Å². The second-order valence-electron chi connectivity index (χ2n) is 7.50. The summed E-state index contributed by atoms with van der Waals surface area (Å²) in [7, 11) is -3.16. The number of benzene rings is 1. The number of hydrogen-bond acceptors (Lipinski definition) is 5. The van der Waals surface area contributed by atoms with E-state index in [4.69, 9.17) is 4.99 Å². The lowest BCUT2D eigenvalue weighted by Crippen LogP contribution is -2.38. The summed E-state index contributed by atoms with van der Waals surface area (Å²) in [5.74, 6) is 1.81. The zero-order valence-corrected chi connectivity index (χ0v) is 18.6. The first kappa shape index (κ1) is 22.1. The second kappa shape index (κ2) is 10.4. The van der Waals surface area contributed by atoms with Gasteiger partial charge >= 0.3 is 0 Å². The quantitative estimate of drug-likeness (QED) is 0.495. The van der Waals surface area contributed by atoms with Crippen molar-refractivity contribution in [3.8, 4) is 0 Å². The predicted octanol–water partition coefficient (Wildman–Crippen LogP) is 2.38. The van der Waals surface area contributed by atoms with E-state index in [1.807, 2.05) is 31.3 Å². The molecule has 1 aliphatic heterocycles. The lowest BCUT2D eigenvalue weighted by molar-refractivity contribution is 0.602. The van der Waals surface area contributed by atoms with Crippen LogP contribution in [-0.2, 0) is 22.8 Å². The zero-order chi connectivity index (χ0) is 21.4. The fraction of sp³-hybridized carbons (Fsp3) is 0.455. The van der Waals surface area contributed by atoms with E-state index in [9.17, 15) is 8.42 Å². The maximum Gasteiger partial charge on any atom is 0.191 e. The van der Waals surface area contributed by atoms with Crippen LogP contribution in [0.1, 0.15) is 30.9 Å². The molecule has 0 bridgehead atoms. The third-order valence-corrected chi connectivity index (χ3v) is 6.19. The Morgan fingerprint density at radius 1 is 1.10 bits per heavy atom. The van der Waals surface area contributed by atoms with Crippen molar-refractivity contribution in [2.24, 2.45) is 4.99 Å². The molecule has 0 spiro atoms. The highest BCUT2D eigenvalue weighted by atomic mass is 32.2. The van der Waals surface area contributed by atoms with Gasteiger partial charge in [0.1, 0.15) is 5.82 Å². The van der Waals surface area contributed by atoms with Crippen LogP contribution in [0, 0.1) is 0 Å². The molecule has 1 saturated heterocycles. The number of hydrogen-bond donors (Lipinski definition) is 2. The molecule has 0 radical (unpaired) electrons. The summed E-state index contributed by atoms with van der Waals surface area (Å²) in [4.78, 5) is 11.9. The molecule has 8 heteroatoms. The largest absolute Gasteiger partial charge is 0.357 e. The summed E-state index contributed by atoms with van der Waals surface area (Å²) in [6, 6.07) is 11.2.